The van der Waals surface area contributed by atoms with Crippen molar-refractivity contribution in [3.05, 3.63) is 53.3 Å². The zero-order chi connectivity index (χ0) is 20.8. The first kappa shape index (κ1) is 20.7. The van der Waals surface area contributed by atoms with Crippen molar-refractivity contribution >= 4 is 27.5 Å². The fourth-order valence-electron chi connectivity index (χ4n) is 2.93. The number of para-hydroxylation sites is 1. The summed E-state index contributed by atoms with van der Waals surface area (Å²) in [6.07, 6.45) is 7.85. The molecule has 3 aromatic heterocycles. The first-order valence-corrected chi connectivity index (χ1v) is 10.2. The molecule has 4 aromatic rings. The third-order valence-electron chi connectivity index (χ3n) is 4.10. The van der Waals surface area contributed by atoms with E-state index in [0.717, 1.165) is 55.5 Å². The van der Waals surface area contributed by atoms with Gasteiger partial charge in [0, 0.05) is 20.4 Å². The number of carboxylic acid groups (broad SMARTS) is 1. The summed E-state index contributed by atoms with van der Waals surface area (Å²) in [5.41, 5.74) is 2.07. The number of hydrogen-bond donors (Lipinski definition) is 1. The van der Waals surface area contributed by atoms with Gasteiger partial charge in [-0.25, -0.2) is 14.6 Å². The van der Waals surface area contributed by atoms with E-state index in [2.05, 4.69) is 33.4 Å². The van der Waals surface area contributed by atoms with Crippen LogP contribution in [0.5, 0.6) is 0 Å². The third-order valence-corrected chi connectivity index (χ3v) is 5.19. The van der Waals surface area contributed by atoms with Crippen molar-refractivity contribution in [2.75, 3.05) is 0 Å². The maximum atomic E-state index is 9.00. The van der Waals surface area contributed by atoms with E-state index in [1.165, 1.54) is 9.71 Å². The molecular formula is C20H24N6O2S. The number of aliphatic carboxylic acids is 1. The molecule has 0 saturated heterocycles. The smallest absolute Gasteiger partial charge is 0.300 e. The van der Waals surface area contributed by atoms with Crippen molar-refractivity contribution in [1.82, 2.24) is 29.5 Å². The normalized spacial score (nSPS) is 10.7. The molecule has 0 atom stereocenters. The van der Waals surface area contributed by atoms with Gasteiger partial charge in [0.05, 0.1) is 27.6 Å². The maximum absolute atomic E-state index is 9.00. The zero-order valence-corrected chi connectivity index (χ0v) is 17.6. The van der Waals surface area contributed by atoms with E-state index in [1.54, 1.807) is 16.0 Å². The van der Waals surface area contributed by atoms with E-state index in [4.69, 9.17) is 14.9 Å². The van der Waals surface area contributed by atoms with E-state index < -0.39 is 5.97 Å². The molecule has 9 heteroatoms. The minimum atomic E-state index is -0.833. The second-order valence-corrected chi connectivity index (χ2v) is 7.78. The van der Waals surface area contributed by atoms with Gasteiger partial charge >= 0.3 is 0 Å². The number of carbonyl (C=O) groups is 1. The number of rotatable bonds is 6. The van der Waals surface area contributed by atoms with Crippen molar-refractivity contribution in [1.29, 1.82) is 0 Å². The molecule has 152 valence electrons. The summed E-state index contributed by atoms with van der Waals surface area (Å²) in [4.78, 5) is 18.3. The summed E-state index contributed by atoms with van der Waals surface area (Å²) in [7, 11) is 1.91. The topological polar surface area (TPSA) is 98.7 Å². The number of fused-ring (bicyclic) bond motifs is 1. The average molecular weight is 413 g/mol. The van der Waals surface area contributed by atoms with Crippen molar-refractivity contribution in [3.63, 3.8) is 0 Å². The highest BCUT2D eigenvalue weighted by molar-refractivity contribution is 7.18. The highest BCUT2D eigenvalue weighted by Crippen LogP contribution is 2.23. The second-order valence-electron chi connectivity index (χ2n) is 6.66. The Labute approximate surface area is 172 Å². The Kier molecular flexibility index (Phi) is 6.71. The molecule has 0 aliphatic carbocycles. The Morgan fingerprint density at radius 2 is 1.90 bits per heavy atom. The lowest BCUT2D eigenvalue weighted by Crippen LogP contribution is -2.03. The number of benzene rings is 1. The summed E-state index contributed by atoms with van der Waals surface area (Å²) >= 11 is 1.80. The van der Waals surface area contributed by atoms with E-state index >= 15 is 0 Å². The third kappa shape index (κ3) is 5.71. The van der Waals surface area contributed by atoms with Gasteiger partial charge in [-0.1, -0.05) is 12.1 Å². The maximum Gasteiger partial charge on any atom is 0.300 e. The van der Waals surface area contributed by atoms with Crippen LogP contribution in [0, 0.1) is 6.92 Å². The van der Waals surface area contributed by atoms with Crippen LogP contribution in [-0.2, 0) is 24.7 Å². The van der Waals surface area contributed by atoms with Crippen LogP contribution >= 0.6 is 11.3 Å². The molecule has 0 unspecified atom stereocenters. The molecule has 0 aliphatic rings. The molecule has 0 amide bonds. The SMILES string of the molecule is CC(=O)O.Cc1nc(CCCCc2nc3ccccc3s2)n(-c2cnn(C)c2)n1. The van der Waals surface area contributed by atoms with Crippen LogP contribution in [-0.4, -0.2) is 40.6 Å². The number of carboxylic acids is 1. The summed E-state index contributed by atoms with van der Waals surface area (Å²) < 4.78 is 4.95. The lowest BCUT2D eigenvalue weighted by atomic mass is 10.2. The standard InChI is InChI=1S/C18H20N6S.C2H4O2/c1-13-20-17(24(22-13)14-11-19-23(2)12-14)9-5-6-10-18-21-15-7-3-4-8-16(15)25-18;1-2(3)4/h3-4,7-8,11-12H,5-6,9-10H2,1-2H3;1H3,(H,3,4). The van der Waals surface area contributed by atoms with Gasteiger partial charge in [0.15, 0.2) is 0 Å². The zero-order valence-electron chi connectivity index (χ0n) is 16.7. The van der Waals surface area contributed by atoms with Gasteiger partial charge < -0.3 is 5.11 Å². The van der Waals surface area contributed by atoms with Crippen molar-refractivity contribution in [3.8, 4) is 5.69 Å². The largest absolute Gasteiger partial charge is 0.481 e. The van der Waals surface area contributed by atoms with Gasteiger partial charge in [0.1, 0.15) is 17.3 Å². The van der Waals surface area contributed by atoms with E-state index in [1.807, 2.05) is 37.1 Å². The molecule has 0 fully saturated rings. The summed E-state index contributed by atoms with van der Waals surface area (Å²) in [6, 6.07) is 8.32. The molecule has 0 saturated carbocycles. The van der Waals surface area contributed by atoms with Gasteiger partial charge in [-0.15, -0.1) is 11.3 Å². The highest BCUT2D eigenvalue weighted by atomic mass is 32.1. The molecule has 8 nitrogen and oxygen atoms in total. The van der Waals surface area contributed by atoms with Crippen LogP contribution in [0.25, 0.3) is 15.9 Å². The van der Waals surface area contributed by atoms with Crippen LogP contribution in [0.4, 0.5) is 0 Å². The summed E-state index contributed by atoms with van der Waals surface area (Å²) in [5.74, 6) is 0.958. The van der Waals surface area contributed by atoms with Crippen molar-refractivity contribution < 1.29 is 9.90 Å². The Bertz CT molecular complexity index is 1060. The first-order valence-electron chi connectivity index (χ1n) is 9.38. The number of unbranched alkanes of at least 4 members (excludes halogenated alkanes) is 1. The highest BCUT2D eigenvalue weighted by Gasteiger charge is 2.11. The minimum Gasteiger partial charge on any atom is -0.481 e. The Balaban J connectivity index is 0.000000552. The fourth-order valence-corrected chi connectivity index (χ4v) is 3.94. The van der Waals surface area contributed by atoms with Crippen LogP contribution in [0.2, 0.25) is 0 Å². The fraction of sp³-hybridized carbons (Fsp3) is 0.350. The van der Waals surface area contributed by atoms with Crippen molar-refractivity contribution in [2.45, 2.75) is 39.5 Å². The van der Waals surface area contributed by atoms with Gasteiger partial charge in [-0.2, -0.15) is 10.2 Å². The lowest BCUT2D eigenvalue weighted by molar-refractivity contribution is -0.134. The molecular weight excluding hydrogens is 388 g/mol. The number of aryl methyl sites for hydroxylation is 4. The van der Waals surface area contributed by atoms with Gasteiger partial charge in [0.2, 0.25) is 0 Å². The molecule has 4 rings (SSSR count). The summed E-state index contributed by atoms with van der Waals surface area (Å²) in [5, 5.41) is 17.4. The Hall–Kier alpha value is -3.07. The Morgan fingerprint density at radius 3 is 2.59 bits per heavy atom. The predicted octanol–water partition coefficient (Wildman–Crippen LogP) is 3.58. The lowest BCUT2D eigenvalue weighted by Gasteiger charge is -2.02. The average Bonchev–Trinajstić information content (AvgIpc) is 3.36. The first-order chi connectivity index (χ1) is 13.9. The predicted molar refractivity (Wildman–Crippen MR) is 112 cm³/mol. The minimum absolute atomic E-state index is 0.796. The molecule has 29 heavy (non-hydrogen) atoms. The number of aromatic nitrogens is 6. The van der Waals surface area contributed by atoms with Gasteiger partial charge in [0.25, 0.3) is 5.97 Å². The molecule has 0 spiro atoms. The van der Waals surface area contributed by atoms with E-state index in [9.17, 15) is 0 Å². The number of hydrogen-bond acceptors (Lipinski definition) is 6. The Morgan fingerprint density at radius 1 is 1.17 bits per heavy atom. The monoisotopic (exact) mass is 412 g/mol. The second kappa shape index (κ2) is 9.42. The molecule has 1 N–H and O–H groups in total. The van der Waals surface area contributed by atoms with Crippen molar-refractivity contribution in [2.24, 2.45) is 7.05 Å². The van der Waals surface area contributed by atoms with Gasteiger partial charge in [-0.3, -0.25) is 9.48 Å². The van der Waals surface area contributed by atoms with Crippen LogP contribution in [0.1, 0.15) is 36.4 Å². The quantitative estimate of drug-likeness (QED) is 0.486. The molecule has 1 aromatic carbocycles. The molecule has 0 aliphatic heterocycles. The van der Waals surface area contributed by atoms with Gasteiger partial charge in [-0.05, 0) is 38.3 Å². The molecule has 0 radical (unpaired) electrons. The number of thiazole rings is 1. The molecule has 3 heterocycles. The van der Waals surface area contributed by atoms with E-state index in [0.29, 0.717) is 0 Å². The summed E-state index contributed by atoms with van der Waals surface area (Å²) in [6.45, 7) is 3.01. The number of nitrogens with zero attached hydrogens (tertiary/aromatic N) is 6. The van der Waals surface area contributed by atoms with Crippen LogP contribution in [0.15, 0.2) is 36.7 Å². The van der Waals surface area contributed by atoms with Crippen LogP contribution in [0.3, 0.4) is 0 Å². The van der Waals surface area contributed by atoms with Crippen LogP contribution < -0.4 is 0 Å². The molecule has 0 bridgehead atoms. The van der Waals surface area contributed by atoms with E-state index in [-0.39, 0.29) is 0 Å².